The smallest absolute Gasteiger partial charge is 0.00896 e. The zero-order chi connectivity index (χ0) is 8.43. The Morgan fingerprint density at radius 2 is 2.18 bits per heavy atom. The fraction of sp³-hybridized carbons (Fsp3) is 0.333. The molecular weight excluding hydrogens is 172 g/mol. The summed E-state index contributed by atoms with van der Waals surface area (Å²) in [5.41, 5.74) is 1.31. The normalized spacial score (nSPS) is 12.2. The number of rotatable bonds is 1. The molecule has 0 N–H and O–H groups in total. The molecule has 0 radical (unpaired) electrons. The summed E-state index contributed by atoms with van der Waals surface area (Å²) in [5, 5.41) is 0. The quantitative estimate of drug-likeness (QED) is 0.633. The molecule has 60 valence electrons. The summed E-state index contributed by atoms with van der Waals surface area (Å²) < 4.78 is 0. The van der Waals surface area contributed by atoms with E-state index in [9.17, 15) is 0 Å². The maximum absolute atomic E-state index is 4.23. The van der Waals surface area contributed by atoms with Crippen molar-refractivity contribution < 1.29 is 0 Å². The molecule has 2 heteroatoms. The molecular formula is C9H12S2. The second-order valence-corrected chi connectivity index (χ2v) is 4.82. The van der Waals surface area contributed by atoms with Crippen molar-refractivity contribution in [3.63, 3.8) is 0 Å². The average Bonchev–Trinajstić information content (AvgIpc) is 2.09. The van der Waals surface area contributed by atoms with Crippen LogP contribution in [0.2, 0.25) is 0 Å². The lowest BCUT2D eigenvalue weighted by Gasteiger charge is -1.89. The van der Waals surface area contributed by atoms with Crippen molar-refractivity contribution in [3.05, 3.63) is 26.3 Å². The SMILES string of the molecule is C/C(S)=C/c1cc(C)sc1C. The lowest BCUT2D eigenvalue weighted by atomic mass is 10.2. The lowest BCUT2D eigenvalue weighted by molar-refractivity contribution is 1.56. The first-order chi connectivity index (χ1) is 5.09. The van der Waals surface area contributed by atoms with Gasteiger partial charge in [-0.3, -0.25) is 0 Å². The Morgan fingerprint density at radius 1 is 1.55 bits per heavy atom. The van der Waals surface area contributed by atoms with Crippen LogP contribution in [0.3, 0.4) is 0 Å². The highest BCUT2D eigenvalue weighted by Crippen LogP contribution is 2.23. The number of hydrogen-bond donors (Lipinski definition) is 1. The molecule has 1 aromatic rings. The van der Waals surface area contributed by atoms with Gasteiger partial charge in [-0.1, -0.05) is 0 Å². The van der Waals surface area contributed by atoms with E-state index in [2.05, 4.69) is 38.6 Å². The molecule has 0 aromatic carbocycles. The molecule has 0 aliphatic heterocycles. The van der Waals surface area contributed by atoms with Gasteiger partial charge in [0.1, 0.15) is 0 Å². The fourth-order valence-corrected chi connectivity index (χ4v) is 2.06. The maximum Gasteiger partial charge on any atom is 0.00896 e. The van der Waals surface area contributed by atoms with E-state index in [-0.39, 0.29) is 0 Å². The van der Waals surface area contributed by atoms with Gasteiger partial charge in [0, 0.05) is 9.75 Å². The van der Waals surface area contributed by atoms with Crippen LogP contribution in [0, 0.1) is 13.8 Å². The Hall–Kier alpha value is -0.210. The molecule has 11 heavy (non-hydrogen) atoms. The number of aryl methyl sites for hydroxylation is 2. The Kier molecular flexibility index (Phi) is 2.79. The van der Waals surface area contributed by atoms with E-state index in [0.29, 0.717) is 0 Å². The van der Waals surface area contributed by atoms with Crippen LogP contribution in [0.15, 0.2) is 11.0 Å². The third kappa shape index (κ3) is 2.38. The Bertz CT molecular complexity index is 278. The van der Waals surface area contributed by atoms with Crippen LogP contribution in [0.25, 0.3) is 6.08 Å². The lowest BCUT2D eigenvalue weighted by Crippen LogP contribution is -1.68. The predicted octanol–water partition coefficient (Wildman–Crippen LogP) is 3.66. The highest BCUT2D eigenvalue weighted by atomic mass is 32.1. The number of thiophene rings is 1. The van der Waals surface area contributed by atoms with Crippen molar-refractivity contribution in [2.45, 2.75) is 20.8 Å². The molecule has 0 unspecified atom stereocenters. The van der Waals surface area contributed by atoms with Crippen molar-refractivity contribution in [3.8, 4) is 0 Å². The van der Waals surface area contributed by atoms with Crippen molar-refractivity contribution in [2.75, 3.05) is 0 Å². The van der Waals surface area contributed by atoms with Crippen LogP contribution in [0.5, 0.6) is 0 Å². The topological polar surface area (TPSA) is 0 Å². The minimum atomic E-state index is 1.06. The second-order valence-electron chi connectivity index (χ2n) is 2.65. The molecule has 1 aromatic heterocycles. The molecule has 0 fully saturated rings. The molecule has 0 saturated heterocycles. The van der Waals surface area contributed by atoms with E-state index >= 15 is 0 Å². The van der Waals surface area contributed by atoms with Gasteiger partial charge in [0.25, 0.3) is 0 Å². The molecule has 1 rings (SSSR count). The standard InChI is InChI=1S/C9H12S2/c1-6(10)4-9-5-7(2)11-8(9)3/h4-5,10H,1-3H3/b6-4-. The summed E-state index contributed by atoms with van der Waals surface area (Å²) in [7, 11) is 0. The van der Waals surface area contributed by atoms with E-state index in [4.69, 9.17) is 0 Å². The highest BCUT2D eigenvalue weighted by molar-refractivity contribution is 7.84. The largest absolute Gasteiger partial charge is 0.148 e. The minimum Gasteiger partial charge on any atom is -0.148 e. The van der Waals surface area contributed by atoms with Crippen molar-refractivity contribution in [2.24, 2.45) is 0 Å². The Balaban J connectivity index is 3.04. The van der Waals surface area contributed by atoms with Crippen LogP contribution in [-0.4, -0.2) is 0 Å². The van der Waals surface area contributed by atoms with E-state index < -0.39 is 0 Å². The first-order valence-electron chi connectivity index (χ1n) is 3.54. The van der Waals surface area contributed by atoms with E-state index in [1.807, 2.05) is 18.3 Å². The molecule has 0 spiro atoms. The molecule has 0 aliphatic rings. The van der Waals surface area contributed by atoms with Gasteiger partial charge in [-0.15, -0.1) is 24.0 Å². The Labute approximate surface area is 77.4 Å². The van der Waals surface area contributed by atoms with Crippen LogP contribution in [0.4, 0.5) is 0 Å². The predicted molar refractivity (Wildman–Crippen MR) is 56.4 cm³/mol. The van der Waals surface area contributed by atoms with Gasteiger partial charge < -0.3 is 0 Å². The summed E-state index contributed by atoms with van der Waals surface area (Å²) >= 11 is 6.06. The third-order valence-corrected chi connectivity index (χ3v) is 2.55. The molecule has 0 aliphatic carbocycles. The number of allylic oxidation sites excluding steroid dienone is 1. The number of thiol groups is 1. The molecule has 0 atom stereocenters. The molecule has 0 bridgehead atoms. The van der Waals surface area contributed by atoms with Crippen LogP contribution < -0.4 is 0 Å². The van der Waals surface area contributed by atoms with E-state index in [0.717, 1.165) is 4.91 Å². The van der Waals surface area contributed by atoms with Crippen molar-refractivity contribution in [1.29, 1.82) is 0 Å². The molecule has 0 nitrogen and oxygen atoms in total. The minimum absolute atomic E-state index is 1.06. The van der Waals surface area contributed by atoms with Gasteiger partial charge in [0.2, 0.25) is 0 Å². The zero-order valence-corrected chi connectivity index (χ0v) is 8.72. The van der Waals surface area contributed by atoms with Gasteiger partial charge in [0.15, 0.2) is 0 Å². The van der Waals surface area contributed by atoms with Gasteiger partial charge in [-0.2, -0.15) is 0 Å². The highest BCUT2D eigenvalue weighted by Gasteiger charge is 1.98. The average molecular weight is 184 g/mol. The molecule has 0 saturated carbocycles. The van der Waals surface area contributed by atoms with Gasteiger partial charge in [0.05, 0.1) is 0 Å². The first kappa shape index (κ1) is 8.88. The van der Waals surface area contributed by atoms with Gasteiger partial charge >= 0.3 is 0 Å². The summed E-state index contributed by atoms with van der Waals surface area (Å²) in [5.74, 6) is 0. The van der Waals surface area contributed by atoms with Gasteiger partial charge in [-0.25, -0.2) is 0 Å². The Morgan fingerprint density at radius 3 is 2.55 bits per heavy atom. The second kappa shape index (κ2) is 3.46. The van der Waals surface area contributed by atoms with Gasteiger partial charge in [-0.05, 0) is 43.4 Å². The van der Waals surface area contributed by atoms with Crippen LogP contribution >= 0.6 is 24.0 Å². The number of hydrogen-bond acceptors (Lipinski definition) is 2. The van der Waals surface area contributed by atoms with E-state index in [1.165, 1.54) is 15.3 Å². The summed E-state index contributed by atoms with van der Waals surface area (Å²) in [6.45, 7) is 6.26. The fourth-order valence-electron chi connectivity index (χ4n) is 1.02. The van der Waals surface area contributed by atoms with Crippen molar-refractivity contribution >= 4 is 30.0 Å². The van der Waals surface area contributed by atoms with E-state index in [1.54, 1.807) is 0 Å². The monoisotopic (exact) mass is 184 g/mol. The summed E-state index contributed by atoms with van der Waals surface area (Å²) in [6.07, 6.45) is 2.10. The zero-order valence-electron chi connectivity index (χ0n) is 7.01. The summed E-state index contributed by atoms with van der Waals surface area (Å²) in [4.78, 5) is 3.80. The third-order valence-electron chi connectivity index (χ3n) is 1.44. The first-order valence-corrected chi connectivity index (χ1v) is 4.80. The molecule has 0 amide bonds. The van der Waals surface area contributed by atoms with Crippen LogP contribution in [0.1, 0.15) is 22.2 Å². The maximum atomic E-state index is 4.23. The summed E-state index contributed by atoms with van der Waals surface area (Å²) in [6, 6.07) is 2.19. The van der Waals surface area contributed by atoms with Crippen LogP contribution in [-0.2, 0) is 0 Å². The molecule has 1 heterocycles. The van der Waals surface area contributed by atoms with Crippen molar-refractivity contribution in [1.82, 2.24) is 0 Å².